The van der Waals surface area contributed by atoms with Crippen molar-refractivity contribution in [1.29, 1.82) is 0 Å². The second kappa shape index (κ2) is 44.1. The predicted octanol–water partition coefficient (Wildman–Crippen LogP) is 5.18. The zero-order valence-electron chi connectivity index (χ0n) is 33.1. The molecular weight excluding hydrogens is 680 g/mol. The van der Waals surface area contributed by atoms with E-state index in [1.54, 1.807) is 0 Å². The summed E-state index contributed by atoms with van der Waals surface area (Å²) in [7, 11) is -1.45. The molecule has 0 heterocycles. The van der Waals surface area contributed by atoms with Gasteiger partial charge in [0.25, 0.3) is 0 Å². The third kappa shape index (κ3) is 49.7. The van der Waals surface area contributed by atoms with E-state index >= 15 is 0 Å². The highest BCUT2D eigenvalue weighted by Crippen LogP contribution is 2.08. The molecule has 0 unspecified atom stereocenters. The highest BCUT2D eigenvalue weighted by Gasteiger charge is 2.13. The molecule has 14 heteroatoms. The lowest BCUT2D eigenvalue weighted by molar-refractivity contribution is -0.0285. The van der Waals surface area contributed by atoms with Crippen molar-refractivity contribution in [3.05, 3.63) is 0 Å². The maximum Gasteiger partial charge on any atom is 0.183 e. The summed E-state index contributed by atoms with van der Waals surface area (Å²) in [6, 6.07) is 0. The number of rotatable bonds is 46. The van der Waals surface area contributed by atoms with Gasteiger partial charge in [-0.25, -0.2) is 0 Å². The molecule has 0 aliphatic heterocycles. The Balaban J connectivity index is 3.06. The molecule has 0 fully saturated rings. The van der Waals surface area contributed by atoms with Crippen molar-refractivity contribution in [2.45, 2.75) is 77.9 Å². The van der Waals surface area contributed by atoms with Crippen LogP contribution in [0.5, 0.6) is 0 Å². The van der Waals surface area contributed by atoms with Gasteiger partial charge in [-0.2, -0.15) is 0 Å². The average Bonchev–Trinajstić information content (AvgIpc) is 3.11. The number of ether oxygens (including phenoxy) is 12. The normalized spacial score (nSPS) is 12.0. The molecule has 0 aromatic heterocycles. The van der Waals surface area contributed by atoms with Crippen molar-refractivity contribution in [1.82, 2.24) is 0 Å². The lowest BCUT2D eigenvalue weighted by Gasteiger charge is -2.16. The van der Waals surface area contributed by atoms with E-state index in [0.717, 1.165) is 13.0 Å². The minimum atomic E-state index is -1.45. The first kappa shape index (κ1) is 50.7. The zero-order chi connectivity index (χ0) is 37.0. The molecule has 0 spiro atoms. The maximum atomic E-state index is 5.72. The first-order valence-corrected chi connectivity index (χ1v) is 23.0. The van der Waals surface area contributed by atoms with Crippen molar-refractivity contribution in [3.63, 3.8) is 0 Å². The Morgan fingerprint density at radius 1 is 0.235 bits per heavy atom. The summed E-state index contributed by atoms with van der Waals surface area (Å²) in [5, 5.41) is 0. The molecule has 0 aliphatic rings. The van der Waals surface area contributed by atoms with Gasteiger partial charge in [0.1, 0.15) is 0 Å². The number of unbranched alkanes of at least 4 members (excludes halogenated alkanes) is 7. The van der Waals surface area contributed by atoms with Crippen LogP contribution in [0, 0.1) is 0 Å². The molecule has 13 nitrogen and oxygen atoms in total. The third-order valence-electron chi connectivity index (χ3n) is 7.00. The van der Waals surface area contributed by atoms with Crippen molar-refractivity contribution in [2.24, 2.45) is 0 Å². The van der Waals surface area contributed by atoms with Crippen LogP contribution in [-0.2, 0) is 61.3 Å². The Kier molecular flexibility index (Phi) is 43.8. The highest BCUT2D eigenvalue weighted by molar-refractivity contribution is 6.69. The minimum Gasteiger partial charge on any atom is -0.415 e. The first-order chi connectivity index (χ1) is 25.1. The van der Waals surface area contributed by atoms with Gasteiger partial charge in [0.15, 0.2) is 8.32 Å². The predicted molar refractivity (Wildman–Crippen MR) is 202 cm³/mol. The molecule has 0 radical (unpaired) electrons. The topological polar surface area (TPSA) is 120 Å². The summed E-state index contributed by atoms with van der Waals surface area (Å²) in [6.07, 6.45) is 10.5. The van der Waals surface area contributed by atoms with E-state index in [9.17, 15) is 0 Å². The van der Waals surface area contributed by atoms with Crippen LogP contribution >= 0.6 is 0 Å². The Morgan fingerprint density at radius 3 is 0.667 bits per heavy atom. The Labute approximate surface area is 312 Å². The third-order valence-corrected chi connectivity index (χ3v) is 8.07. The Morgan fingerprint density at radius 2 is 0.431 bits per heavy atom. The molecule has 0 saturated carbocycles. The molecular formula is C37H78O13Si. The van der Waals surface area contributed by atoms with Gasteiger partial charge in [-0.05, 0) is 26.1 Å². The molecule has 0 saturated heterocycles. The van der Waals surface area contributed by atoms with Crippen LogP contribution in [0.3, 0.4) is 0 Å². The van der Waals surface area contributed by atoms with Crippen LogP contribution in [0.4, 0.5) is 0 Å². The molecule has 308 valence electrons. The lowest BCUT2D eigenvalue weighted by Crippen LogP contribution is -2.27. The molecule has 0 amide bonds. The second-order valence-corrected chi connectivity index (χ2v) is 17.3. The van der Waals surface area contributed by atoms with Crippen molar-refractivity contribution >= 4 is 8.32 Å². The van der Waals surface area contributed by atoms with Gasteiger partial charge in [-0.3, -0.25) is 0 Å². The molecule has 0 aromatic carbocycles. The quantitative estimate of drug-likeness (QED) is 0.0600. The molecule has 51 heavy (non-hydrogen) atoms. The van der Waals surface area contributed by atoms with E-state index in [4.69, 9.17) is 61.3 Å². The van der Waals surface area contributed by atoms with Gasteiger partial charge in [-0.1, -0.05) is 51.9 Å². The smallest absolute Gasteiger partial charge is 0.183 e. The standard InChI is InChI=1S/C37H78O13Si/c1-5-6-7-8-9-10-11-12-13-38-14-15-39-16-17-40-18-19-41-20-21-42-22-23-43-24-25-44-26-27-45-28-29-46-30-31-47-32-33-48-34-35-49-36-37-50-51(2,3)4/h5-37H2,1-4H3. The average molecular weight is 759 g/mol. The van der Waals surface area contributed by atoms with Crippen LogP contribution in [0.25, 0.3) is 0 Å². The Hall–Kier alpha value is -0.303. The van der Waals surface area contributed by atoms with Gasteiger partial charge in [-0.15, -0.1) is 0 Å². The molecule has 0 N–H and O–H groups in total. The summed E-state index contributed by atoms with van der Waals surface area (Å²) in [6.45, 7) is 22.7. The van der Waals surface area contributed by atoms with E-state index in [2.05, 4.69) is 26.6 Å². The number of hydrogen-bond acceptors (Lipinski definition) is 13. The summed E-state index contributed by atoms with van der Waals surface area (Å²) < 4.78 is 71.9. The lowest BCUT2D eigenvalue weighted by atomic mass is 10.1. The van der Waals surface area contributed by atoms with Gasteiger partial charge in [0.2, 0.25) is 0 Å². The van der Waals surface area contributed by atoms with Crippen molar-refractivity contribution in [3.8, 4) is 0 Å². The van der Waals surface area contributed by atoms with E-state index in [-0.39, 0.29) is 0 Å². The fourth-order valence-corrected chi connectivity index (χ4v) is 4.96. The van der Waals surface area contributed by atoms with Crippen LogP contribution in [0.2, 0.25) is 19.6 Å². The molecule has 0 bridgehead atoms. The fraction of sp³-hybridized carbons (Fsp3) is 1.00. The van der Waals surface area contributed by atoms with Crippen LogP contribution in [0.15, 0.2) is 0 Å². The van der Waals surface area contributed by atoms with Gasteiger partial charge >= 0.3 is 0 Å². The van der Waals surface area contributed by atoms with E-state index in [0.29, 0.717) is 159 Å². The van der Waals surface area contributed by atoms with Crippen molar-refractivity contribution < 1.29 is 61.3 Å². The van der Waals surface area contributed by atoms with E-state index in [1.165, 1.54) is 44.9 Å². The molecule has 0 aliphatic carbocycles. The highest BCUT2D eigenvalue weighted by atomic mass is 28.4. The second-order valence-electron chi connectivity index (χ2n) is 12.8. The maximum absolute atomic E-state index is 5.72. The van der Waals surface area contributed by atoms with E-state index in [1.807, 2.05) is 0 Å². The molecule has 0 atom stereocenters. The van der Waals surface area contributed by atoms with Crippen LogP contribution in [-0.4, -0.2) is 173 Å². The monoisotopic (exact) mass is 759 g/mol. The van der Waals surface area contributed by atoms with E-state index < -0.39 is 8.32 Å². The van der Waals surface area contributed by atoms with Gasteiger partial charge < -0.3 is 61.3 Å². The SMILES string of the molecule is CCCCCCCCCCOCCOCCOCCOCCOCCOCCOCCOCCOCCOCCOCCOCCO[Si](C)(C)C. The zero-order valence-corrected chi connectivity index (χ0v) is 34.1. The van der Waals surface area contributed by atoms with Gasteiger partial charge in [0.05, 0.1) is 159 Å². The summed E-state index contributed by atoms with van der Waals surface area (Å²) >= 11 is 0. The summed E-state index contributed by atoms with van der Waals surface area (Å²) in [4.78, 5) is 0. The fourth-order valence-electron chi connectivity index (χ4n) is 4.27. The largest absolute Gasteiger partial charge is 0.415 e. The van der Waals surface area contributed by atoms with Crippen LogP contribution < -0.4 is 0 Å². The summed E-state index contributed by atoms with van der Waals surface area (Å²) in [5.74, 6) is 0. The van der Waals surface area contributed by atoms with Crippen LogP contribution in [0.1, 0.15) is 58.3 Å². The molecule has 0 aromatic rings. The summed E-state index contributed by atoms with van der Waals surface area (Å²) in [5.41, 5.74) is 0. The first-order valence-electron chi connectivity index (χ1n) is 19.6. The van der Waals surface area contributed by atoms with Gasteiger partial charge in [0, 0.05) is 6.61 Å². The van der Waals surface area contributed by atoms with Crippen molar-refractivity contribution in [2.75, 3.05) is 165 Å². The minimum absolute atomic E-state index is 0.517. The Bertz CT molecular complexity index is 632. The number of hydrogen-bond donors (Lipinski definition) is 0. The molecule has 0 rings (SSSR count).